The van der Waals surface area contributed by atoms with Gasteiger partial charge in [0, 0.05) is 23.5 Å². The third-order valence-corrected chi connectivity index (χ3v) is 1.95. The van der Waals surface area contributed by atoms with E-state index < -0.39 is 11.8 Å². The van der Waals surface area contributed by atoms with E-state index in [1.807, 2.05) is 0 Å². The number of rotatable bonds is 4. The maximum absolute atomic E-state index is 11.3. The van der Waals surface area contributed by atoms with Crippen molar-refractivity contribution in [3.63, 3.8) is 0 Å². The fraction of sp³-hybridized carbons (Fsp3) is 0.250. The molecule has 0 aliphatic heterocycles. The van der Waals surface area contributed by atoms with E-state index in [0.717, 1.165) is 11.8 Å². The Hall–Kier alpha value is -2.17. The lowest BCUT2D eigenvalue weighted by atomic mass is 10.2. The van der Waals surface area contributed by atoms with Crippen molar-refractivity contribution in [2.75, 3.05) is 6.61 Å². The van der Waals surface area contributed by atoms with Crippen molar-refractivity contribution in [3.8, 4) is 0 Å². The number of hydrogen-bond donors (Lipinski definition) is 1. The molecule has 0 amide bonds. The zero-order chi connectivity index (χ0) is 12.8. The Bertz CT molecular complexity index is 448. The highest BCUT2D eigenvalue weighted by Gasteiger charge is 2.13. The number of aliphatic hydroxyl groups is 1. The van der Waals surface area contributed by atoms with E-state index in [4.69, 9.17) is 0 Å². The van der Waals surface area contributed by atoms with Crippen molar-refractivity contribution < 1.29 is 19.4 Å². The molecule has 1 aromatic rings. The summed E-state index contributed by atoms with van der Waals surface area (Å²) in [4.78, 5) is 26.2. The molecule has 0 bridgehead atoms. The predicted octanol–water partition coefficient (Wildman–Crippen LogP) is 1.42. The van der Waals surface area contributed by atoms with Crippen molar-refractivity contribution in [1.29, 1.82) is 0 Å². The van der Waals surface area contributed by atoms with Gasteiger partial charge in [-0.2, -0.15) is 0 Å². The molecule has 0 unspecified atom stereocenters. The van der Waals surface area contributed by atoms with E-state index in [9.17, 15) is 14.7 Å². The van der Waals surface area contributed by atoms with Gasteiger partial charge in [0.25, 0.3) is 5.78 Å². The summed E-state index contributed by atoms with van der Waals surface area (Å²) in [6.07, 6.45) is 2.24. The highest BCUT2D eigenvalue weighted by Crippen LogP contribution is 2.10. The second kappa shape index (κ2) is 5.79. The summed E-state index contributed by atoms with van der Waals surface area (Å²) in [6, 6.07) is 3.29. The van der Waals surface area contributed by atoms with E-state index >= 15 is 0 Å². The van der Waals surface area contributed by atoms with Crippen LogP contribution < -0.4 is 0 Å². The van der Waals surface area contributed by atoms with E-state index in [2.05, 4.69) is 9.72 Å². The molecule has 5 nitrogen and oxygen atoms in total. The summed E-state index contributed by atoms with van der Waals surface area (Å²) in [7, 11) is 0. The van der Waals surface area contributed by atoms with E-state index in [0.29, 0.717) is 5.56 Å². The summed E-state index contributed by atoms with van der Waals surface area (Å²) in [5.74, 6) is -2.19. The van der Waals surface area contributed by atoms with Gasteiger partial charge in [0.1, 0.15) is 5.76 Å². The summed E-state index contributed by atoms with van der Waals surface area (Å²) in [6.45, 7) is 3.51. The van der Waals surface area contributed by atoms with Gasteiger partial charge in [-0.05, 0) is 26.0 Å². The quantitative estimate of drug-likeness (QED) is 0.369. The number of aromatic nitrogens is 1. The van der Waals surface area contributed by atoms with E-state index in [1.54, 1.807) is 26.0 Å². The average Bonchev–Trinajstić information content (AvgIpc) is 2.30. The zero-order valence-electron chi connectivity index (χ0n) is 9.64. The number of pyridine rings is 1. The molecule has 0 aromatic carbocycles. The maximum Gasteiger partial charge on any atom is 0.379 e. The van der Waals surface area contributed by atoms with E-state index in [-0.39, 0.29) is 12.4 Å². The Morgan fingerprint density at radius 1 is 1.47 bits per heavy atom. The zero-order valence-corrected chi connectivity index (χ0v) is 9.64. The first-order valence-electron chi connectivity index (χ1n) is 5.09. The maximum atomic E-state index is 11.3. The Balaban J connectivity index is 2.82. The van der Waals surface area contributed by atoms with Crippen LogP contribution in [0.2, 0.25) is 0 Å². The van der Waals surface area contributed by atoms with Crippen molar-refractivity contribution in [2.45, 2.75) is 13.8 Å². The van der Waals surface area contributed by atoms with Gasteiger partial charge < -0.3 is 9.84 Å². The topological polar surface area (TPSA) is 76.5 Å². The van der Waals surface area contributed by atoms with Crippen LogP contribution in [0.15, 0.2) is 24.4 Å². The molecule has 0 aliphatic rings. The van der Waals surface area contributed by atoms with Crippen LogP contribution in [0.1, 0.15) is 18.2 Å². The number of nitrogens with zero attached hydrogens (tertiary/aromatic N) is 1. The summed E-state index contributed by atoms with van der Waals surface area (Å²) >= 11 is 0. The van der Waals surface area contributed by atoms with Gasteiger partial charge in [-0.25, -0.2) is 4.79 Å². The minimum atomic E-state index is -0.987. The van der Waals surface area contributed by atoms with Gasteiger partial charge in [-0.15, -0.1) is 0 Å². The standard InChI is InChI=1S/C12H13NO4/c1-3-17-12(16)11(15)6-10(14)9-5-4-8(2)13-7-9/h4-7,14H,3H2,1-2H3. The predicted molar refractivity (Wildman–Crippen MR) is 61.2 cm³/mol. The molecule has 0 fully saturated rings. The molecule has 1 heterocycles. The first-order valence-corrected chi connectivity index (χ1v) is 5.09. The molecule has 1 aromatic heterocycles. The first-order chi connectivity index (χ1) is 8.04. The number of carbonyl (C=O) groups excluding carboxylic acids is 2. The highest BCUT2D eigenvalue weighted by atomic mass is 16.5. The number of ether oxygens (including phenoxy) is 1. The third-order valence-electron chi connectivity index (χ3n) is 1.95. The molecule has 5 heteroatoms. The van der Waals surface area contributed by atoms with Crippen molar-refractivity contribution in [3.05, 3.63) is 35.7 Å². The monoisotopic (exact) mass is 235 g/mol. The van der Waals surface area contributed by atoms with Gasteiger partial charge in [-0.1, -0.05) is 0 Å². The summed E-state index contributed by atoms with van der Waals surface area (Å²) in [5.41, 5.74) is 1.16. The SMILES string of the molecule is CCOC(=O)C(=O)C=C(O)c1ccc(C)nc1. The molecule has 0 aliphatic carbocycles. The second-order valence-corrected chi connectivity index (χ2v) is 3.30. The van der Waals surface area contributed by atoms with Crippen molar-refractivity contribution in [1.82, 2.24) is 4.98 Å². The van der Waals surface area contributed by atoms with Gasteiger partial charge >= 0.3 is 5.97 Å². The number of aryl methyl sites for hydroxylation is 1. The molecule has 1 N–H and O–H groups in total. The van der Waals surface area contributed by atoms with Crippen LogP contribution in [-0.4, -0.2) is 28.4 Å². The molecule has 1 rings (SSSR count). The van der Waals surface area contributed by atoms with Crippen LogP contribution >= 0.6 is 0 Å². The van der Waals surface area contributed by atoms with Gasteiger partial charge in [0.15, 0.2) is 0 Å². The minimum absolute atomic E-state index is 0.116. The van der Waals surface area contributed by atoms with Crippen LogP contribution in [0.4, 0.5) is 0 Å². The van der Waals surface area contributed by atoms with Crippen LogP contribution in [-0.2, 0) is 14.3 Å². The van der Waals surface area contributed by atoms with Gasteiger partial charge in [0.2, 0.25) is 0 Å². The molecule has 0 saturated carbocycles. The fourth-order valence-corrected chi connectivity index (χ4v) is 1.09. The first kappa shape index (κ1) is 12.9. The fourth-order valence-electron chi connectivity index (χ4n) is 1.09. The lowest BCUT2D eigenvalue weighted by Gasteiger charge is -2.00. The van der Waals surface area contributed by atoms with Gasteiger partial charge in [0.05, 0.1) is 6.61 Å². The number of aliphatic hydroxyl groups excluding tert-OH is 1. The van der Waals surface area contributed by atoms with Crippen LogP contribution in [0.5, 0.6) is 0 Å². The molecular weight excluding hydrogens is 222 g/mol. The molecule has 0 atom stereocenters. The number of hydrogen-bond acceptors (Lipinski definition) is 5. The molecule has 17 heavy (non-hydrogen) atoms. The van der Waals surface area contributed by atoms with Crippen LogP contribution in [0.25, 0.3) is 5.76 Å². The van der Waals surface area contributed by atoms with Gasteiger partial charge in [-0.3, -0.25) is 9.78 Å². The Kier molecular flexibility index (Phi) is 4.39. The Labute approximate surface area is 98.7 Å². The van der Waals surface area contributed by atoms with E-state index in [1.165, 1.54) is 6.20 Å². The number of carbonyl (C=O) groups is 2. The number of ketones is 1. The second-order valence-electron chi connectivity index (χ2n) is 3.30. The molecule has 0 spiro atoms. The summed E-state index contributed by atoms with van der Waals surface area (Å²) < 4.78 is 4.50. The molecular formula is C12H13NO4. The number of esters is 1. The molecule has 0 saturated heterocycles. The largest absolute Gasteiger partial charge is 0.507 e. The Morgan fingerprint density at radius 2 is 2.18 bits per heavy atom. The molecule has 0 radical (unpaired) electrons. The summed E-state index contributed by atoms with van der Waals surface area (Å²) in [5, 5.41) is 9.59. The lowest BCUT2D eigenvalue weighted by Crippen LogP contribution is -2.15. The van der Waals surface area contributed by atoms with Crippen LogP contribution in [0.3, 0.4) is 0 Å². The average molecular weight is 235 g/mol. The normalized spacial score (nSPS) is 11.1. The smallest absolute Gasteiger partial charge is 0.379 e. The lowest BCUT2D eigenvalue weighted by molar-refractivity contribution is -0.151. The third kappa shape index (κ3) is 3.71. The van der Waals surface area contributed by atoms with Crippen molar-refractivity contribution >= 4 is 17.5 Å². The highest BCUT2D eigenvalue weighted by molar-refractivity contribution is 6.39. The minimum Gasteiger partial charge on any atom is -0.507 e. The van der Waals surface area contributed by atoms with Crippen LogP contribution in [0, 0.1) is 6.92 Å². The Morgan fingerprint density at radius 3 is 2.71 bits per heavy atom. The van der Waals surface area contributed by atoms with Crippen molar-refractivity contribution in [2.24, 2.45) is 0 Å². The molecule has 90 valence electrons.